The minimum atomic E-state index is -2.85. The summed E-state index contributed by atoms with van der Waals surface area (Å²) in [5, 5.41) is 11.1. The molecule has 1 fully saturated rings. The molecule has 0 amide bonds. The zero-order chi connectivity index (χ0) is 19.6. The average molecular weight is 386 g/mol. The van der Waals surface area contributed by atoms with Gasteiger partial charge in [-0.3, -0.25) is 10.00 Å². The van der Waals surface area contributed by atoms with E-state index in [-0.39, 0.29) is 18.2 Å². The predicted molar refractivity (Wildman–Crippen MR) is 104 cm³/mol. The van der Waals surface area contributed by atoms with Crippen molar-refractivity contribution in [2.24, 2.45) is 0 Å². The molecule has 1 aromatic carbocycles. The maximum absolute atomic E-state index is 14.7. The molecule has 0 aliphatic carbocycles. The summed E-state index contributed by atoms with van der Waals surface area (Å²) in [6.07, 6.45) is 5.75. The molecule has 0 bridgehead atoms. The standard InChI is InChI=1S/C20H24F2N6/c1-14-4-6-15(7-5-14)20(21,22)12-28-9-2-3-16(8-10-28)26-18-17-11-25-27-19(17)24-13-23-18/h4-7,11,13,16H,2-3,8-10,12H2,1H3,(H2,23,24,25,26,27). The topological polar surface area (TPSA) is 69.7 Å². The number of benzene rings is 1. The van der Waals surface area contributed by atoms with Gasteiger partial charge in [-0.15, -0.1) is 0 Å². The number of fused-ring (bicyclic) bond motifs is 1. The highest BCUT2D eigenvalue weighted by Crippen LogP contribution is 2.30. The van der Waals surface area contributed by atoms with Crippen LogP contribution < -0.4 is 5.32 Å². The lowest BCUT2D eigenvalue weighted by Gasteiger charge is -2.26. The second-order valence-corrected chi connectivity index (χ2v) is 7.47. The number of likely N-dealkylation sites (tertiary alicyclic amines) is 1. The molecular formula is C20H24F2N6. The molecule has 1 unspecified atom stereocenters. The van der Waals surface area contributed by atoms with E-state index in [0.29, 0.717) is 18.7 Å². The second kappa shape index (κ2) is 7.79. The van der Waals surface area contributed by atoms with Crippen molar-refractivity contribution in [1.29, 1.82) is 0 Å². The van der Waals surface area contributed by atoms with Crippen molar-refractivity contribution in [3.63, 3.8) is 0 Å². The van der Waals surface area contributed by atoms with Crippen molar-refractivity contribution < 1.29 is 8.78 Å². The van der Waals surface area contributed by atoms with Crippen molar-refractivity contribution in [2.75, 3.05) is 25.0 Å². The van der Waals surface area contributed by atoms with Crippen LogP contribution in [0.3, 0.4) is 0 Å². The van der Waals surface area contributed by atoms with Gasteiger partial charge in [0.2, 0.25) is 0 Å². The number of hydrogen-bond donors (Lipinski definition) is 2. The highest BCUT2D eigenvalue weighted by Gasteiger charge is 2.34. The number of rotatable bonds is 5. The van der Waals surface area contributed by atoms with Crippen molar-refractivity contribution in [3.8, 4) is 0 Å². The van der Waals surface area contributed by atoms with Gasteiger partial charge in [-0.25, -0.2) is 9.97 Å². The Kier molecular flexibility index (Phi) is 5.21. The molecule has 8 heteroatoms. The molecular weight excluding hydrogens is 362 g/mol. The number of H-pyrrole nitrogens is 1. The van der Waals surface area contributed by atoms with Gasteiger partial charge in [0.15, 0.2) is 5.65 Å². The van der Waals surface area contributed by atoms with Crippen LogP contribution in [0.15, 0.2) is 36.8 Å². The smallest absolute Gasteiger partial charge is 0.285 e. The minimum Gasteiger partial charge on any atom is -0.367 e. The lowest BCUT2D eigenvalue weighted by Crippen LogP contribution is -2.36. The average Bonchev–Trinajstić information content (AvgIpc) is 3.06. The number of nitrogens with zero attached hydrogens (tertiary/aromatic N) is 4. The lowest BCUT2D eigenvalue weighted by molar-refractivity contribution is -0.0372. The number of aromatic amines is 1. The van der Waals surface area contributed by atoms with Crippen LogP contribution in [0.2, 0.25) is 0 Å². The molecule has 148 valence electrons. The molecule has 0 spiro atoms. The van der Waals surface area contributed by atoms with Crippen molar-refractivity contribution in [1.82, 2.24) is 25.1 Å². The Morgan fingerprint density at radius 3 is 2.82 bits per heavy atom. The van der Waals surface area contributed by atoms with Crippen LogP contribution in [0.1, 0.15) is 30.4 Å². The molecule has 2 aromatic heterocycles. The summed E-state index contributed by atoms with van der Waals surface area (Å²) >= 11 is 0. The molecule has 0 radical (unpaired) electrons. The fraction of sp³-hybridized carbons (Fsp3) is 0.450. The van der Waals surface area contributed by atoms with Gasteiger partial charge in [0.05, 0.1) is 18.1 Å². The zero-order valence-corrected chi connectivity index (χ0v) is 15.8. The van der Waals surface area contributed by atoms with E-state index in [1.807, 2.05) is 11.8 Å². The Labute approximate surface area is 162 Å². The number of alkyl halides is 2. The number of aryl methyl sites for hydroxylation is 1. The monoisotopic (exact) mass is 386 g/mol. The first-order chi connectivity index (χ1) is 13.5. The van der Waals surface area contributed by atoms with Crippen LogP contribution in [-0.2, 0) is 5.92 Å². The van der Waals surface area contributed by atoms with Gasteiger partial charge in [-0.2, -0.15) is 13.9 Å². The molecule has 0 saturated carbocycles. The van der Waals surface area contributed by atoms with Crippen LogP contribution in [0.25, 0.3) is 11.0 Å². The van der Waals surface area contributed by atoms with Gasteiger partial charge in [-0.05, 0) is 32.7 Å². The summed E-state index contributed by atoms with van der Waals surface area (Å²) in [6, 6.07) is 6.73. The third kappa shape index (κ3) is 4.11. The van der Waals surface area contributed by atoms with E-state index in [1.165, 1.54) is 18.5 Å². The molecule has 1 aliphatic rings. The van der Waals surface area contributed by atoms with Gasteiger partial charge < -0.3 is 5.32 Å². The maximum atomic E-state index is 14.7. The van der Waals surface area contributed by atoms with Crippen LogP contribution in [0, 0.1) is 6.92 Å². The molecule has 6 nitrogen and oxygen atoms in total. The van der Waals surface area contributed by atoms with Gasteiger partial charge in [0.25, 0.3) is 5.92 Å². The molecule has 4 rings (SSSR count). The summed E-state index contributed by atoms with van der Waals surface area (Å²) in [6.45, 7) is 2.95. The van der Waals surface area contributed by atoms with Gasteiger partial charge >= 0.3 is 0 Å². The number of hydrogen-bond acceptors (Lipinski definition) is 5. The van der Waals surface area contributed by atoms with E-state index in [4.69, 9.17) is 0 Å². The first kappa shape index (κ1) is 18.7. The van der Waals surface area contributed by atoms with Crippen LogP contribution >= 0.6 is 0 Å². The molecule has 28 heavy (non-hydrogen) atoms. The zero-order valence-electron chi connectivity index (χ0n) is 15.8. The largest absolute Gasteiger partial charge is 0.367 e. The highest BCUT2D eigenvalue weighted by atomic mass is 19.3. The Bertz CT molecular complexity index is 924. The second-order valence-electron chi connectivity index (χ2n) is 7.47. The molecule has 3 heterocycles. The minimum absolute atomic E-state index is 0.0837. The molecule has 1 atom stereocenters. The Morgan fingerprint density at radius 2 is 2.00 bits per heavy atom. The van der Waals surface area contributed by atoms with Crippen LogP contribution in [0.4, 0.5) is 14.6 Å². The predicted octanol–water partition coefficient (Wildman–Crippen LogP) is 3.72. The summed E-state index contributed by atoms with van der Waals surface area (Å²) < 4.78 is 29.4. The third-order valence-corrected chi connectivity index (χ3v) is 5.31. The van der Waals surface area contributed by atoms with Crippen molar-refractivity contribution in [2.45, 2.75) is 38.2 Å². The summed E-state index contributed by atoms with van der Waals surface area (Å²) in [5.41, 5.74) is 1.76. The number of halogens is 2. The van der Waals surface area contributed by atoms with E-state index < -0.39 is 5.92 Å². The quantitative estimate of drug-likeness (QED) is 0.699. The normalized spacial score (nSPS) is 18.9. The number of nitrogens with one attached hydrogen (secondary N) is 2. The SMILES string of the molecule is Cc1ccc(C(F)(F)CN2CCCC(Nc3ncnc4[nH]ncc34)CC2)cc1. The third-order valence-electron chi connectivity index (χ3n) is 5.31. The lowest BCUT2D eigenvalue weighted by atomic mass is 10.1. The van der Waals surface area contributed by atoms with Crippen molar-refractivity contribution >= 4 is 16.9 Å². The van der Waals surface area contributed by atoms with Crippen LogP contribution in [0.5, 0.6) is 0 Å². The summed E-state index contributed by atoms with van der Waals surface area (Å²) in [5.74, 6) is -2.11. The van der Waals surface area contributed by atoms with E-state index in [2.05, 4.69) is 25.5 Å². The fourth-order valence-electron chi connectivity index (χ4n) is 3.70. The Hall–Kier alpha value is -2.61. The van der Waals surface area contributed by atoms with E-state index in [0.717, 1.165) is 36.0 Å². The highest BCUT2D eigenvalue weighted by molar-refractivity contribution is 5.85. The van der Waals surface area contributed by atoms with Gasteiger partial charge in [-0.1, -0.05) is 29.8 Å². The number of aromatic nitrogens is 4. The van der Waals surface area contributed by atoms with Crippen LogP contribution in [-0.4, -0.2) is 50.7 Å². The first-order valence-electron chi connectivity index (χ1n) is 9.59. The molecule has 1 aliphatic heterocycles. The summed E-state index contributed by atoms with van der Waals surface area (Å²) in [7, 11) is 0. The van der Waals surface area contributed by atoms with E-state index in [9.17, 15) is 8.78 Å². The van der Waals surface area contributed by atoms with E-state index >= 15 is 0 Å². The van der Waals surface area contributed by atoms with Crippen molar-refractivity contribution in [3.05, 3.63) is 47.9 Å². The van der Waals surface area contributed by atoms with Gasteiger partial charge in [0.1, 0.15) is 12.1 Å². The maximum Gasteiger partial charge on any atom is 0.285 e. The first-order valence-corrected chi connectivity index (χ1v) is 9.59. The molecule has 2 N–H and O–H groups in total. The molecule has 1 saturated heterocycles. The van der Waals surface area contributed by atoms with Gasteiger partial charge in [0, 0.05) is 18.2 Å². The number of anilines is 1. The fourth-order valence-corrected chi connectivity index (χ4v) is 3.70. The Balaban J connectivity index is 1.38. The van der Waals surface area contributed by atoms with E-state index in [1.54, 1.807) is 18.3 Å². The Morgan fingerprint density at radius 1 is 1.18 bits per heavy atom. The molecule has 3 aromatic rings. The summed E-state index contributed by atoms with van der Waals surface area (Å²) in [4.78, 5) is 10.3.